The number of hydrogen-bond donors (Lipinski definition) is 1. The summed E-state index contributed by atoms with van der Waals surface area (Å²) >= 11 is 0. The van der Waals surface area contributed by atoms with E-state index in [-0.39, 0.29) is 17.9 Å². The van der Waals surface area contributed by atoms with Gasteiger partial charge < -0.3 is 5.32 Å². The Balaban J connectivity index is 1.46. The van der Waals surface area contributed by atoms with Crippen LogP contribution in [0.25, 0.3) is 0 Å². The molecule has 4 aliphatic carbocycles. The molecule has 4 bridgehead atoms. The van der Waals surface area contributed by atoms with E-state index in [9.17, 15) is 13.6 Å². The van der Waals surface area contributed by atoms with Gasteiger partial charge in [-0.3, -0.25) is 4.79 Å². The third-order valence-corrected chi connectivity index (χ3v) is 6.33. The Bertz CT molecular complexity index is 602. The van der Waals surface area contributed by atoms with Crippen molar-refractivity contribution in [3.8, 4) is 0 Å². The molecular formula is C19H23F2NO. The minimum atomic E-state index is -0.863. The van der Waals surface area contributed by atoms with Crippen molar-refractivity contribution in [2.45, 2.75) is 45.1 Å². The van der Waals surface area contributed by atoms with Crippen LogP contribution in [0.15, 0.2) is 18.2 Å². The highest BCUT2D eigenvalue weighted by Gasteiger charge is 2.50. The lowest BCUT2D eigenvalue weighted by Crippen LogP contribution is -2.51. The van der Waals surface area contributed by atoms with Gasteiger partial charge in [0, 0.05) is 5.92 Å². The molecule has 1 aromatic rings. The predicted molar refractivity (Wildman–Crippen MR) is 83.5 cm³/mol. The monoisotopic (exact) mass is 319 g/mol. The first-order chi connectivity index (χ1) is 11.0. The van der Waals surface area contributed by atoms with E-state index in [1.165, 1.54) is 38.2 Å². The van der Waals surface area contributed by atoms with Crippen molar-refractivity contribution < 1.29 is 13.6 Å². The predicted octanol–water partition coefficient (Wildman–Crippen LogP) is 4.21. The van der Waals surface area contributed by atoms with Crippen LogP contribution in [0.5, 0.6) is 0 Å². The highest BCUT2D eigenvalue weighted by atomic mass is 19.2. The summed E-state index contributed by atoms with van der Waals surface area (Å²) in [4.78, 5) is 12.8. The largest absolute Gasteiger partial charge is 0.349 e. The number of amides is 1. The standard InChI is InChI=1S/C19H23F2NO/c1-10(13-2-3-16(20)17(21)9-13)22-19(23)18-14-5-11-4-12(7-14)8-15(18)6-11/h2-3,9-12,14-15,18H,4-8H2,1H3,(H,22,23). The molecule has 0 saturated heterocycles. The lowest BCUT2D eigenvalue weighted by Gasteiger charge is -2.53. The van der Waals surface area contributed by atoms with E-state index in [1.54, 1.807) is 6.07 Å². The molecule has 1 amide bonds. The van der Waals surface area contributed by atoms with Crippen LogP contribution in [0.4, 0.5) is 8.78 Å². The van der Waals surface area contributed by atoms with Crippen LogP contribution in [0.2, 0.25) is 0 Å². The average molecular weight is 319 g/mol. The van der Waals surface area contributed by atoms with Gasteiger partial charge in [0.25, 0.3) is 0 Å². The number of nitrogens with one attached hydrogen (secondary N) is 1. The lowest BCUT2D eigenvalue weighted by molar-refractivity contribution is -0.138. The number of benzene rings is 1. The molecule has 1 atom stereocenters. The van der Waals surface area contributed by atoms with Gasteiger partial charge in [-0.2, -0.15) is 0 Å². The molecule has 0 heterocycles. The second-order valence-corrected chi connectivity index (χ2v) is 7.86. The SMILES string of the molecule is CC(NC(=O)C1C2CC3CC(C2)CC1C3)c1ccc(F)c(F)c1. The fourth-order valence-corrected chi connectivity index (χ4v) is 5.53. The Morgan fingerprint density at radius 2 is 1.65 bits per heavy atom. The number of halogens is 2. The molecule has 4 saturated carbocycles. The summed E-state index contributed by atoms with van der Waals surface area (Å²) in [7, 11) is 0. The van der Waals surface area contributed by atoms with Crippen LogP contribution in [-0.4, -0.2) is 5.91 Å². The van der Waals surface area contributed by atoms with E-state index in [4.69, 9.17) is 0 Å². The van der Waals surface area contributed by atoms with Crippen molar-refractivity contribution in [2.75, 3.05) is 0 Å². The summed E-state index contributed by atoms with van der Waals surface area (Å²) in [6, 6.07) is 3.54. The zero-order valence-corrected chi connectivity index (χ0v) is 13.4. The van der Waals surface area contributed by atoms with Gasteiger partial charge in [-0.1, -0.05) is 6.07 Å². The molecule has 4 aliphatic rings. The van der Waals surface area contributed by atoms with Crippen LogP contribution in [0, 0.1) is 41.2 Å². The first-order valence-electron chi connectivity index (χ1n) is 8.76. The molecule has 1 unspecified atom stereocenters. The second-order valence-electron chi connectivity index (χ2n) is 7.86. The Morgan fingerprint density at radius 1 is 1.04 bits per heavy atom. The van der Waals surface area contributed by atoms with Crippen LogP contribution in [0.1, 0.15) is 50.6 Å². The number of carbonyl (C=O) groups is 1. The van der Waals surface area contributed by atoms with E-state index in [1.807, 2.05) is 6.92 Å². The number of rotatable bonds is 3. The van der Waals surface area contributed by atoms with Gasteiger partial charge in [-0.15, -0.1) is 0 Å². The Morgan fingerprint density at radius 3 is 2.22 bits per heavy atom. The molecular weight excluding hydrogens is 296 g/mol. The smallest absolute Gasteiger partial charge is 0.224 e. The zero-order valence-electron chi connectivity index (χ0n) is 13.4. The fourth-order valence-electron chi connectivity index (χ4n) is 5.53. The van der Waals surface area contributed by atoms with E-state index < -0.39 is 11.6 Å². The van der Waals surface area contributed by atoms with Crippen molar-refractivity contribution in [1.82, 2.24) is 5.32 Å². The van der Waals surface area contributed by atoms with E-state index in [0.717, 1.165) is 17.9 Å². The van der Waals surface area contributed by atoms with Gasteiger partial charge >= 0.3 is 0 Å². The Labute approximate surface area is 135 Å². The van der Waals surface area contributed by atoms with Gasteiger partial charge in [0.05, 0.1) is 6.04 Å². The summed E-state index contributed by atoms with van der Waals surface area (Å²) in [6.07, 6.45) is 6.16. The van der Waals surface area contributed by atoms with Gasteiger partial charge in [-0.25, -0.2) is 8.78 Å². The summed E-state index contributed by atoms with van der Waals surface area (Å²) in [5, 5.41) is 3.04. The Hall–Kier alpha value is -1.45. The lowest BCUT2D eigenvalue weighted by atomic mass is 9.51. The fraction of sp³-hybridized carbons (Fsp3) is 0.632. The molecule has 5 rings (SSSR count). The van der Waals surface area contributed by atoms with Crippen LogP contribution in [0.3, 0.4) is 0 Å². The molecule has 0 aliphatic heterocycles. The molecule has 23 heavy (non-hydrogen) atoms. The third kappa shape index (κ3) is 2.66. The summed E-state index contributed by atoms with van der Waals surface area (Å²) in [5.74, 6) is 1.25. The summed E-state index contributed by atoms with van der Waals surface area (Å²) in [6.45, 7) is 1.83. The minimum Gasteiger partial charge on any atom is -0.349 e. The second kappa shape index (κ2) is 5.57. The van der Waals surface area contributed by atoms with Gasteiger partial charge in [-0.05, 0) is 80.4 Å². The molecule has 4 heteroatoms. The third-order valence-electron chi connectivity index (χ3n) is 6.33. The highest BCUT2D eigenvalue weighted by molar-refractivity contribution is 5.80. The van der Waals surface area contributed by atoms with Crippen molar-refractivity contribution >= 4 is 5.91 Å². The van der Waals surface area contributed by atoms with Gasteiger partial charge in [0.1, 0.15) is 0 Å². The average Bonchev–Trinajstić information content (AvgIpc) is 2.48. The van der Waals surface area contributed by atoms with E-state index >= 15 is 0 Å². The molecule has 1 aromatic carbocycles. The molecule has 2 nitrogen and oxygen atoms in total. The molecule has 0 spiro atoms. The normalized spacial score (nSPS) is 36.0. The van der Waals surface area contributed by atoms with Crippen molar-refractivity contribution in [2.24, 2.45) is 29.6 Å². The van der Waals surface area contributed by atoms with Crippen LogP contribution < -0.4 is 5.32 Å². The van der Waals surface area contributed by atoms with Crippen molar-refractivity contribution in [3.63, 3.8) is 0 Å². The summed E-state index contributed by atoms with van der Waals surface area (Å²) < 4.78 is 26.4. The quantitative estimate of drug-likeness (QED) is 0.888. The van der Waals surface area contributed by atoms with Crippen LogP contribution in [-0.2, 0) is 4.79 Å². The van der Waals surface area contributed by atoms with E-state index in [2.05, 4.69) is 5.32 Å². The maximum Gasteiger partial charge on any atom is 0.224 e. The minimum absolute atomic E-state index is 0.107. The van der Waals surface area contributed by atoms with Crippen molar-refractivity contribution in [1.29, 1.82) is 0 Å². The number of carbonyl (C=O) groups excluding carboxylic acids is 1. The zero-order chi connectivity index (χ0) is 16.1. The molecule has 124 valence electrons. The first-order valence-corrected chi connectivity index (χ1v) is 8.76. The van der Waals surface area contributed by atoms with Crippen molar-refractivity contribution in [3.05, 3.63) is 35.4 Å². The van der Waals surface area contributed by atoms with Crippen LogP contribution >= 0.6 is 0 Å². The van der Waals surface area contributed by atoms with Gasteiger partial charge in [0.15, 0.2) is 11.6 Å². The maximum absolute atomic E-state index is 13.4. The van der Waals surface area contributed by atoms with E-state index in [0.29, 0.717) is 17.4 Å². The molecule has 0 radical (unpaired) electrons. The molecule has 4 fully saturated rings. The summed E-state index contributed by atoms with van der Waals surface area (Å²) in [5.41, 5.74) is 0.612. The highest BCUT2D eigenvalue weighted by Crippen LogP contribution is 2.56. The Kier molecular flexibility index (Phi) is 3.66. The maximum atomic E-state index is 13.4. The number of hydrogen-bond acceptors (Lipinski definition) is 1. The van der Waals surface area contributed by atoms with Gasteiger partial charge in [0.2, 0.25) is 5.91 Å². The first kappa shape index (κ1) is 15.1. The molecule has 1 N–H and O–H groups in total. The molecule has 0 aromatic heterocycles. The topological polar surface area (TPSA) is 29.1 Å².